The second-order valence-corrected chi connectivity index (χ2v) is 11.0. The van der Waals surface area contributed by atoms with Gasteiger partial charge in [-0.05, 0) is 60.6 Å². The number of hydrogen-bond acceptors (Lipinski definition) is 5. The van der Waals surface area contributed by atoms with E-state index in [1.807, 2.05) is 42.5 Å². The summed E-state index contributed by atoms with van der Waals surface area (Å²) in [4.78, 5) is 25.0. The second-order valence-electron chi connectivity index (χ2n) is 8.78. The number of benzene rings is 3. The molecule has 34 heavy (non-hydrogen) atoms. The Morgan fingerprint density at radius 2 is 1.56 bits per heavy atom. The van der Waals surface area contributed by atoms with E-state index in [2.05, 4.69) is 0 Å². The highest BCUT2D eigenvalue weighted by Gasteiger charge is 2.50. The monoisotopic (exact) mass is 479 g/mol. The van der Waals surface area contributed by atoms with E-state index in [1.54, 1.807) is 24.3 Å². The van der Waals surface area contributed by atoms with Crippen molar-refractivity contribution in [2.45, 2.75) is 48.2 Å². The number of carbonyl (C=O) groups excluding carboxylic acids is 2. The average molecular weight is 480 g/mol. The molecule has 0 radical (unpaired) electrons. The SMILES string of the molecule is NC(=O)C1(S(=O)(=O)c2ccc(CCCCC(=O)c3cccc4ccccc34)cc2)CCOCC1. The summed E-state index contributed by atoms with van der Waals surface area (Å²) in [6.45, 7) is 0.384. The maximum atomic E-state index is 13.2. The van der Waals surface area contributed by atoms with E-state index in [0.717, 1.165) is 41.2 Å². The molecule has 3 aromatic carbocycles. The molecule has 3 aromatic rings. The minimum atomic E-state index is -3.92. The Balaban J connectivity index is 1.36. The van der Waals surface area contributed by atoms with Crippen LogP contribution < -0.4 is 5.73 Å². The van der Waals surface area contributed by atoms with Crippen molar-refractivity contribution >= 4 is 32.3 Å². The number of ether oxygens (including phenoxy) is 1. The van der Waals surface area contributed by atoms with Crippen LogP contribution in [0.5, 0.6) is 0 Å². The summed E-state index contributed by atoms with van der Waals surface area (Å²) < 4.78 is 30.1. The number of fused-ring (bicyclic) bond motifs is 1. The molecule has 1 fully saturated rings. The van der Waals surface area contributed by atoms with Crippen LogP contribution in [0.3, 0.4) is 0 Å². The van der Waals surface area contributed by atoms with Crippen molar-refractivity contribution in [3.63, 3.8) is 0 Å². The van der Waals surface area contributed by atoms with Crippen molar-refractivity contribution < 1.29 is 22.7 Å². The maximum absolute atomic E-state index is 13.2. The summed E-state index contributed by atoms with van der Waals surface area (Å²) in [7, 11) is -3.92. The third-order valence-electron chi connectivity index (χ3n) is 6.71. The Morgan fingerprint density at radius 1 is 0.882 bits per heavy atom. The molecule has 0 bridgehead atoms. The molecule has 0 atom stereocenters. The molecule has 1 amide bonds. The number of carbonyl (C=O) groups is 2. The fourth-order valence-electron chi connectivity index (χ4n) is 4.63. The Bertz CT molecular complexity index is 1290. The van der Waals surface area contributed by atoms with Gasteiger partial charge in [0.05, 0.1) is 4.90 Å². The number of rotatable bonds is 9. The molecule has 0 unspecified atom stereocenters. The Labute approximate surface area is 200 Å². The Kier molecular flexibility index (Phi) is 7.14. The molecule has 0 aromatic heterocycles. The highest BCUT2D eigenvalue weighted by molar-refractivity contribution is 7.93. The van der Waals surface area contributed by atoms with Crippen LogP contribution in [0.15, 0.2) is 71.6 Å². The van der Waals surface area contributed by atoms with Crippen molar-refractivity contribution in [3.8, 4) is 0 Å². The molecular formula is C27H29NO5S. The van der Waals surface area contributed by atoms with Gasteiger partial charge in [0.2, 0.25) is 5.91 Å². The maximum Gasteiger partial charge on any atom is 0.239 e. The van der Waals surface area contributed by atoms with Crippen LogP contribution in [0.1, 0.15) is 48.0 Å². The van der Waals surface area contributed by atoms with Crippen molar-refractivity contribution in [1.29, 1.82) is 0 Å². The van der Waals surface area contributed by atoms with Gasteiger partial charge in [0.1, 0.15) is 0 Å². The highest BCUT2D eigenvalue weighted by Crippen LogP contribution is 2.35. The molecular weight excluding hydrogens is 450 g/mol. The number of amides is 1. The number of Topliss-reactive ketones (excluding diaryl/α,β-unsaturated/α-hetero) is 1. The second kappa shape index (κ2) is 10.1. The van der Waals surface area contributed by atoms with Gasteiger partial charge in [-0.25, -0.2) is 8.42 Å². The molecule has 0 aliphatic carbocycles. The van der Waals surface area contributed by atoms with Gasteiger partial charge in [0.15, 0.2) is 20.4 Å². The average Bonchev–Trinajstić information content (AvgIpc) is 2.86. The molecule has 1 heterocycles. The van der Waals surface area contributed by atoms with Crippen LogP contribution in [0.25, 0.3) is 10.8 Å². The number of unbranched alkanes of at least 4 members (excludes halogenated alkanes) is 1. The van der Waals surface area contributed by atoms with Crippen LogP contribution in [-0.4, -0.2) is 38.1 Å². The van der Waals surface area contributed by atoms with Crippen LogP contribution in [-0.2, 0) is 25.8 Å². The first kappa shape index (κ1) is 24.1. The number of nitrogens with two attached hydrogens (primary N) is 1. The molecule has 7 heteroatoms. The number of hydrogen-bond donors (Lipinski definition) is 1. The Morgan fingerprint density at radius 3 is 2.26 bits per heavy atom. The number of sulfone groups is 1. The third-order valence-corrected chi connectivity index (χ3v) is 9.24. The molecule has 1 aliphatic heterocycles. The van der Waals surface area contributed by atoms with E-state index in [4.69, 9.17) is 10.5 Å². The van der Waals surface area contributed by atoms with Crippen molar-refractivity contribution in [2.24, 2.45) is 5.73 Å². The first-order valence-corrected chi connectivity index (χ1v) is 13.1. The lowest BCUT2D eigenvalue weighted by molar-refractivity contribution is -0.122. The van der Waals surface area contributed by atoms with Crippen LogP contribution in [0.2, 0.25) is 0 Å². The van der Waals surface area contributed by atoms with Crippen molar-refractivity contribution in [1.82, 2.24) is 0 Å². The summed E-state index contributed by atoms with van der Waals surface area (Å²) in [5.74, 6) is -0.692. The number of primary amides is 1. The fraction of sp³-hybridized carbons (Fsp3) is 0.333. The first-order chi connectivity index (χ1) is 16.3. The van der Waals surface area contributed by atoms with Gasteiger partial charge in [-0.15, -0.1) is 0 Å². The number of ketones is 1. The van der Waals surface area contributed by atoms with Crippen molar-refractivity contribution in [3.05, 3.63) is 77.9 Å². The van der Waals surface area contributed by atoms with E-state index >= 15 is 0 Å². The lowest BCUT2D eigenvalue weighted by Gasteiger charge is -2.33. The van der Waals surface area contributed by atoms with Gasteiger partial charge in [-0.3, -0.25) is 9.59 Å². The molecule has 1 saturated heterocycles. The van der Waals surface area contributed by atoms with Gasteiger partial charge < -0.3 is 10.5 Å². The molecule has 0 spiro atoms. The molecule has 178 valence electrons. The molecule has 2 N–H and O–H groups in total. The fourth-order valence-corrected chi connectivity index (χ4v) is 6.54. The minimum absolute atomic E-state index is 0.0666. The summed E-state index contributed by atoms with van der Waals surface area (Å²) >= 11 is 0. The van der Waals surface area contributed by atoms with Crippen LogP contribution in [0.4, 0.5) is 0 Å². The predicted molar refractivity (Wildman–Crippen MR) is 131 cm³/mol. The summed E-state index contributed by atoms with van der Waals surface area (Å²) in [6.07, 6.45) is 2.88. The van der Waals surface area contributed by atoms with Gasteiger partial charge in [0, 0.05) is 25.2 Å². The van der Waals surface area contributed by atoms with E-state index in [-0.39, 0.29) is 36.7 Å². The predicted octanol–water partition coefficient (Wildman–Crippen LogP) is 4.24. The lowest BCUT2D eigenvalue weighted by Crippen LogP contribution is -2.53. The van der Waals surface area contributed by atoms with E-state index in [1.165, 1.54) is 0 Å². The normalized spacial score (nSPS) is 15.8. The standard InChI is InChI=1S/C27H29NO5S/c28-26(30)27(16-18-33-19-17-27)34(31,32)22-14-12-20(13-15-22)6-1-4-11-25(29)24-10-5-8-21-7-2-3-9-23(21)24/h2-3,5,7-10,12-15H,1,4,6,11,16-19H2,(H2,28,30). The minimum Gasteiger partial charge on any atom is -0.381 e. The molecule has 1 aliphatic rings. The molecule has 6 nitrogen and oxygen atoms in total. The Hall–Kier alpha value is -3.03. The highest BCUT2D eigenvalue weighted by atomic mass is 32.2. The van der Waals surface area contributed by atoms with Crippen LogP contribution >= 0.6 is 0 Å². The van der Waals surface area contributed by atoms with Gasteiger partial charge in [0.25, 0.3) is 0 Å². The zero-order chi connectivity index (χ0) is 24.2. The van der Waals surface area contributed by atoms with Crippen molar-refractivity contribution in [2.75, 3.05) is 13.2 Å². The van der Waals surface area contributed by atoms with Gasteiger partial charge in [-0.2, -0.15) is 0 Å². The van der Waals surface area contributed by atoms with Crippen LogP contribution in [0, 0.1) is 0 Å². The number of aryl methyl sites for hydroxylation is 1. The van der Waals surface area contributed by atoms with E-state index in [0.29, 0.717) is 6.42 Å². The third kappa shape index (κ3) is 4.63. The first-order valence-electron chi connectivity index (χ1n) is 11.6. The molecule has 0 saturated carbocycles. The van der Waals surface area contributed by atoms with E-state index < -0.39 is 20.5 Å². The molecule has 4 rings (SSSR count). The van der Waals surface area contributed by atoms with Gasteiger partial charge >= 0.3 is 0 Å². The lowest BCUT2D eigenvalue weighted by atomic mass is 9.98. The largest absolute Gasteiger partial charge is 0.381 e. The smallest absolute Gasteiger partial charge is 0.239 e. The zero-order valence-electron chi connectivity index (χ0n) is 19.0. The topological polar surface area (TPSA) is 104 Å². The summed E-state index contributed by atoms with van der Waals surface area (Å²) in [5, 5.41) is 2.03. The zero-order valence-corrected chi connectivity index (χ0v) is 19.9. The van der Waals surface area contributed by atoms with Gasteiger partial charge in [-0.1, -0.05) is 54.6 Å². The van der Waals surface area contributed by atoms with E-state index in [9.17, 15) is 18.0 Å². The summed E-state index contributed by atoms with van der Waals surface area (Å²) in [6, 6.07) is 20.3. The quantitative estimate of drug-likeness (QED) is 0.365. The summed E-state index contributed by atoms with van der Waals surface area (Å²) in [5.41, 5.74) is 7.27.